The summed E-state index contributed by atoms with van der Waals surface area (Å²) in [6, 6.07) is 60.4. The van der Waals surface area contributed by atoms with Crippen molar-refractivity contribution in [2.75, 3.05) is 0 Å². The number of nitrogens with zero attached hydrogens (tertiary/aromatic N) is 18. The minimum atomic E-state index is -2.47. The molecule has 0 fully saturated rings. The van der Waals surface area contributed by atoms with Gasteiger partial charge in [0.05, 0.1) is 140 Å². The van der Waals surface area contributed by atoms with Gasteiger partial charge in [-0.1, -0.05) is 121 Å². The molecule has 0 aliphatic carbocycles. The molecule has 0 spiro atoms. The first kappa shape index (κ1) is 50.9. The van der Waals surface area contributed by atoms with E-state index in [9.17, 15) is 0 Å². The maximum absolute atomic E-state index is 8.32. The number of aromatic nitrogens is 18. The lowest BCUT2D eigenvalue weighted by atomic mass is 10.1. The number of imidazole rings is 5. The molecular formula is C88H71N18OS+5. The molecule has 0 unspecified atom stereocenters. The van der Waals surface area contributed by atoms with Crippen molar-refractivity contribution < 1.29 is 43.7 Å². The van der Waals surface area contributed by atoms with Gasteiger partial charge in [-0.15, -0.1) is 0 Å². The van der Waals surface area contributed by atoms with E-state index in [1.165, 1.54) is 85.0 Å². The number of rotatable bonds is 1. The predicted molar refractivity (Wildman–Crippen MR) is 422 cm³/mol. The van der Waals surface area contributed by atoms with Crippen LogP contribution < -0.4 is 22.8 Å². The van der Waals surface area contributed by atoms with Crippen molar-refractivity contribution in [3.63, 3.8) is 0 Å². The summed E-state index contributed by atoms with van der Waals surface area (Å²) >= 11 is 1.86. The average Bonchev–Trinajstić information content (AvgIpc) is 1.50. The quantitative estimate of drug-likeness (QED) is 0.150. The number of aryl methyl sites for hydroxylation is 7. The molecule has 6 aromatic carbocycles. The van der Waals surface area contributed by atoms with Crippen molar-refractivity contribution in [3.8, 4) is 62.6 Å². The Kier molecular flexibility index (Phi) is 11.0. The highest BCUT2D eigenvalue weighted by Gasteiger charge is 2.41. The molecule has 0 N–H and O–H groups in total. The van der Waals surface area contributed by atoms with Crippen LogP contribution in [0.15, 0.2) is 248 Å². The average molecular weight is 1440 g/mol. The van der Waals surface area contributed by atoms with Gasteiger partial charge in [0.25, 0.3) is 28.6 Å². The first-order chi connectivity index (χ1) is 57.9. The number of benzene rings is 6. The molecule has 108 heavy (non-hydrogen) atoms. The van der Waals surface area contributed by atoms with Gasteiger partial charge in [0.1, 0.15) is 40.9 Å². The number of thiophene rings is 1. The highest BCUT2D eigenvalue weighted by atomic mass is 32.1. The van der Waals surface area contributed by atoms with Crippen molar-refractivity contribution in [2.45, 2.75) is 32.7 Å². The molecule has 20 heterocycles. The van der Waals surface area contributed by atoms with Crippen LogP contribution in [0.2, 0.25) is 0 Å². The van der Waals surface area contributed by atoms with Gasteiger partial charge in [0, 0.05) is 101 Å². The first-order valence-electron chi connectivity index (χ1n) is 41.6. The molecule has 0 saturated heterocycles. The van der Waals surface area contributed by atoms with E-state index in [4.69, 9.17) is 20.9 Å². The SMILES string of the molecule is Cn1c2[n+](c3oc4ccncc4c31)Cc1ccccc1-2.Cn1c2[n+](c3sc4ccncc4c31)Cc1ccccc1-2.[2H]C([2H])([2H])n1c2[n+](c3c1c1cnccc1n3-c1ccccc1)Cc1ccccc1-2.[2H]C([2H])([2H])n1c2[n+](c3c1c1cnccc1n3C([2H])([2H])[2H])Cc1ccccc1-2.[2H]C([2H])([2H])n1c2[n+](c3c1c1cnccc1n3C)Cc1ccccc1-2. The van der Waals surface area contributed by atoms with Crippen molar-refractivity contribution in [1.29, 1.82) is 0 Å². The Balaban J connectivity index is 0.0000000906. The van der Waals surface area contributed by atoms with Crippen LogP contribution in [0.1, 0.15) is 44.3 Å². The zero-order valence-electron chi connectivity index (χ0n) is 70.5. The molecule has 0 atom stereocenters. The number of pyridine rings is 5. The van der Waals surface area contributed by atoms with Gasteiger partial charge >= 0.3 is 5.71 Å². The molecule has 520 valence electrons. The van der Waals surface area contributed by atoms with Crippen LogP contribution in [0.3, 0.4) is 0 Å². The van der Waals surface area contributed by atoms with Gasteiger partial charge in [-0.05, 0) is 66.7 Å². The standard InChI is InChI=1S/C22H17N4.2C17H15N4.C16H12N3O.C16H12N3S/c1-24-20-18-13-23-12-11-19(18)26(16-8-3-2-4-9-16)22(20)25-14-15-7-5-6-10-17(15)21(24)25;2*1-19-14-7-8-18-9-13(14)15-17(19)21-10-11-5-3-4-6-12(11)16(21)20(15)2;2*1-18-14-12-8-17-7-6-13(12)20-16(14)19-9-10-4-2-3-5-11(10)15(18)19/h2-13H,14H2,1H3;2*3-9H,10H2,1-2H3;2*2-8H,9H2,1H3/q5*+1/i1D3;1D3,2D3;2D3;;. The molecule has 19 nitrogen and oxygen atoms in total. The van der Waals surface area contributed by atoms with E-state index in [2.05, 4.69) is 142 Å². The normalized spacial score (nSPS) is 15.1. The van der Waals surface area contributed by atoms with Crippen LogP contribution in [-0.2, 0) is 81.8 Å². The molecule has 0 amide bonds. The minimum Gasteiger partial charge on any atom is -0.419 e. The second kappa shape index (κ2) is 23.3. The van der Waals surface area contributed by atoms with E-state index >= 15 is 0 Å². The largest absolute Gasteiger partial charge is 0.419 e. The fraction of sp³-hybridized carbons (Fsp3) is 0.136. The Morgan fingerprint density at radius 1 is 0.333 bits per heavy atom. The lowest BCUT2D eigenvalue weighted by Crippen LogP contribution is -2.33. The third-order valence-electron chi connectivity index (χ3n) is 22.4. The summed E-state index contributed by atoms with van der Waals surface area (Å²) in [5, 5.41) is 4.55. The van der Waals surface area contributed by atoms with Crippen molar-refractivity contribution >= 4 is 120 Å². The van der Waals surface area contributed by atoms with E-state index in [-0.39, 0.29) is 0 Å². The van der Waals surface area contributed by atoms with Gasteiger partial charge in [0.15, 0.2) is 22.1 Å². The van der Waals surface area contributed by atoms with E-state index < -0.39 is 27.9 Å². The molecule has 26 rings (SSSR count). The first-order valence-corrected chi connectivity index (χ1v) is 36.4. The number of hydrogen-bond donors (Lipinski definition) is 0. The Bertz CT molecular complexity index is 7750. The van der Waals surface area contributed by atoms with Gasteiger partial charge in [-0.3, -0.25) is 47.8 Å². The van der Waals surface area contributed by atoms with Crippen molar-refractivity contribution in [3.05, 3.63) is 272 Å². The fourth-order valence-corrected chi connectivity index (χ4v) is 19.0. The summed E-state index contributed by atoms with van der Waals surface area (Å²) in [5.41, 5.74) is 23.0. The van der Waals surface area contributed by atoms with E-state index in [1.54, 1.807) is 41.6 Å². The van der Waals surface area contributed by atoms with Crippen LogP contribution >= 0.6 is 11.3 Å². The lowest BCUT2D eigenvalue weighted by molar-refractivity contribution is -0.652. The van der Waals surface area contributed by atoms with Crippen LogP contribution in [0, 0.1) is 0 Å². The minimum absolute atomic E-state index is 0.374. The molecule has 5 aliphatic rings. The summed E-state index contributed by atoms with van der Waals surface area (Å²) in [6.45, 7) is -5.92. The Morgan fingerprint density at radius 2 is 0.713 bits per heavy atom. The van der Waals surface area contributed by atoms with Gasteiger partial charge in [-0.25, -0.2) is 32.0 Å². The molecule has 0 radical (unpaired) electrons. The third-order valence-corrected chi connectivity index (χ3v) is 23.5. The second-order valence-electron chi connectivity index (χ2n) is 28.0. The number of furan rings is 1. The lowest BCUT2D eigenvalue weighted by Gasteiger charge is -2.03. The second-order valence-corrected chi connectivity index (χ2v) is 29.0. The maximum Gasteiger partial charge on any atom is 0.339 e. The van der Waals surface area contributed by atoms with E-state index in [0.29, 0.717) is 53.0 Å². The fourth-order valence-electron chi connectivity index (χ4n) is 17.8. The third kappa shape index (κ3) is 8.59. The smallest absolute Gasteiger partial charge is 0.339 e. The van der Waals surface area contributed by atoms with Crippen molar-refractivity contribution in [1.82, 2.24) is 61.5 Å². The highest BCUT2D eigenvalue weighted by Crippen LogP contribution is 2.42. The molecule has 0 saturated carbocycles. The van der Waals surface area contributed by atoms with Crippen LogP contribution in [-0.4, -0.2) is 61.5 Å². The molecule has 21 aromatic rings. The molecule has 20 heteroatoms. The highest BCUT2D eigenvalue weighted by molar-refractivity contribution is 7.25. The zero-order valence-corrected chi connectivity index (χ0v) is 59.3. The molecule has 0 bridgehead atoms. The van der Waals surface area contributed by atoms with E-state index in [1.807, 2.05) is 146 Å². The Hall–Kier alpha value is -13.5. The molecular weight excluding hydrogens is 1360 g/mol. The molecule has 5 aliphatic heterocycles. The summed E-state index contributed by atoms with van der Waals surface area (Å²) in [7, 11) is 6.23. The van der Waals surface area contributed by atoms with E-state index in [0.717, 1.165) is 125 Å². The van der Waals surface area contributed by atoms with Crippen molar-refractivity contribution in [2.24, 2.45) is 49.0 Å². The predicted octanol–water partition coefficient (Wildman–Crippen LogP) is 14.3. The van der Waals surface area contributed by atoms with Gasteiger partial charge < -0.3 is 4.42 Å². The zero-order chi connectivity index (χ0) is 82.1. The summed E-state index contributed by atoms with van der Waals surface area (Å²) < 4.78 is 130. The van der Waals surface area contributed by atoms with Crippen LogP contribution in [0.25, 0.3) is 171 Å². The maximum atomic E-state index is 8.32. The van der Waals surface area contributed by atoms with Gasteiger partial charge in [-0.2, -0.15) is 4.57 Å². The summed E-state index contributed by atoms with van der Waals surface area (Å²) in [5.74, 6) is 4.49. The Labute approximate surface area is 638 Å². The summed E-state index contributed by atoms with van der Waals surface area (Å²) in [4.78, 5) is 22.5. The topological polar surface area (TPSA) is 136 Å². The Morgan fingerprint density at radius 3 is 1.24 bits per heavy atom. The number of fused-ring (bicyclic) bond motifs is 35. The van der Waals surface area contributed by atoms with Gasteiger partial charge in [0.2, 0.25) is 27.8 Å². The number of para-hydroxylation sites is 1. The molecule has 15 aromatic heterocycles. The number of hydrogen-bond acceptors (Lipinski definition) is 7. The summed E-state index contributed by atoms with van der Waals surface area (Å²) in [6.07, 6.45) is 17.6. The van der Waals surface area contributed by atoms with Crippen LogP contribution in [0.5, 0.6) is 0 Å². The monoisotopic (exact) mass is 1440 g/mol. The van der Waals surface area contributed by atoms with Crippen LogP contribution in [0.4, 0.5) is 0 Å².